The molecule has 0 unspecified atom stereocenters. The summed E-state index contributed by atoms with van der Waals surface area (Å²) < 4.78 is 5.54. The van der Waals surface area contributed by atoms with Crippen LogP contribution in [0.5, 0.6) is 0 Å². The zero-order valence-electron chi connectivity index (χ0n) is 8.40. The fraction of sp³-hybridized carbons (Fsp3) is 0.875. The first-order valence-electron chi connectivity index (χ1n) is 3.99. The van der Waals surface area contributed by atoms with Crippen molar-refractivity contribution in [1.29, 1.82) is 0 Å². The van der Waals surface area contributed by atoms with Gasteiger partial charge in [-0.15, -0.1) is 0 Å². The Morgan fingerprint density at radius 1 is 1.42 bits per heavy atom. The molecule has 12 heavy (non-hydrogen) atoms. The smallest absolute Gasteiger partial charge is 0.223 e. The van der Waals surface area contributed by atoms with Crippen molar-refractivity contribution in [3.05, 3.63) is 0 Å². The lowest BCUT2D eigenvalue weighted by molar-refractivity contribution is -0.129. The zero-order valence-corrected chi connectivity index (χ0v) is 10.6. The number of ether oxygens (including phenoxy) is 1. The van der Waals surface area contributed by atoms with E-state index in [0.29, 0.717) is 6.61 Å². The molecule has 0 aliphatic carbocycles. The fourth-order valence-corrected chi connectivity index (χ4v) is 0.609. The number of halogens is 1. The van der Waals surface area contributed by atoms with Crippen LogP contribution in [0, 0.1) is 0 Å². The van der Waals surface area contributed by atoms with Crippen LogP contribution in [0.2, 0.25) is 5.31 Å². The summed E-state index contributed by atoms with van der Waals surface area (Å²) in [6.45, 7) is 8.37. The molecule has 0 rings (SSSR count). The van der Waals surface area contributed by atoms with Gasteiger partial charge in [0.2, 0.25) is 3.79 Å². The molecule has 0 aromatic carbocycles. The molecule has 0 atom stereocenters. The summed E-state index contributed by atoms with van der Waals surface area (Å²) in [7, 11) is 2.08. The third-order valence-electron chi connectivity index (χ3n) is 1.34. The second-order valence-electron chi connectivity index (χ2n) is 4.63. The van der Waals surface area contributed by atoms with Gasteiger partial charge in [0, 0.05) is 29.2 Å². The Bertz CT molecular complexity index is 172. The van der Waals surface area contributed by atoms with Gasteiger partial charge in [-0.1, -0.05) is 13.8 Å². The number of hydrogen-bond donors (Lipinski definition) is 0. The molecule has 2 nitrogen and oxygen atoms in total. The van der Waals surface area contributed by atoms with Crippen LogP contribution in [0.4, 0.5) is 0 Å². The van der Waals surface area contributed by atoms with Gasteiger partial charge in [-0.3, -0.25) is 4.79 Å². The van der Waals surface area contributed by atoms with Gasteiger partial charge in [0.25, 0.3) is 0 Å². The van der Waals surface area contributed by atoms with Crippen molar-refractivity contribution in [3.63, 3.8) is 0 Å². The van der Waals surface area contributed by atoms with Crippen molar-refractivity contribution in [2.45, 2.75) is 38.6 Å². The van der Waals surface area contributed by atoms with Gasteiger partial charge in [-0.05, 0) is 19.2 Å². The number of hydrogen-bond acceptors (Lipinski definition) is 2. The molecule has 0 aromatic rings. The van der Waals surface area contributed by atoms with Crippen LogP contribution in [0.15, 0.2) is 0 Å². The van der Waals surface area contributed by atoms with Crippen LogP contribution in [0.3, 0.4) is 0 Å². The molecule has 0 N–H and O–H groups in total. The molecule has 0 spiro atoms. The van der Waals surface area contributed by atoms with Gasteiger partial charge in [-0.25, -0.2) is 0 Å². The van der Waals surface area contributed by atoms with E-state index in [0.717, 1.165) is 0 Å². The maximum absolute atomic E-state index is 11.0. The van der Waals surface area contributed by atoms with E-state index in [2.05, 4.69) is 21.7 Å². The highest BCUT2D eigenvalue weighted by Gasteiger charge is 2.27. The van der Waals surface area contributed by atoms with E-state index < -0.39 is 5.60 Å². The summed E-state index contributed by atoms with van der Waals surface area (Å²) in [5, 5.41) is 0.114. The van der Waals surface area contributed by atoms with E-state index in [1.807, 2.05) is 0 Å². The summed E-state index contributed by atoms with van der Waals surface area (Å²) in [6, 6.07) is 0. The first-order chi connectivity index (χ1) is 5.15. The summed E-state index contributed by atoms with van der Waals surface area (Å²) >= 11 is 1.77. The minimum absolute atomic E-state index is 0.0457. The number of rotatable bonds is 4. The lowest BCUT2D eigenvalue weighted by atomic mass is 9.73. The lowest BCUT2D eigenvalue weighted by Gasteiger charge is -2.26. The van der Waals surface area contributed by atoms with Crippen LogP contribution < -0.4 is 0 Å². The first-order valence-corrected chi connectivity index (χ1v) is 5.07. The molecule has 0 saturated heterocycles. The second kappa shape index (κ2) is 4.09. The zero-order chi connectivity index (χ0) is 9.99. The van der Waals surface area contributed by atoms with Crippen molar-refractivity contribution in [1.82, 2.24) is 0 Å². The molecule has 0 heterocycles. The Hall–Kier alpha value is 0.425. The Kier molecular flexibility index (Phi) is 4.23. The van der Waals surface area contributed by atoms with E-state index in [1.165, 1.54) is 0 Å². The predicted octanol–water partition coefficient (Wildman–Crippen LogP) is 1.57. The third kappa shape index (κ3) is 5.14. The predicted molar refractivity (Wildman–Crippen MR) is 61.6 cm³/mol. The molecule has 0 saturated carbocycles. The molecule has 70 valence electrons. The SMILES string of the molecule is BC(C)(C)COC(C)(C)C(=O)I. The quantitative estimate of drug-likeness (QED) is 0.444. The van der Waals surface area contributed by atoms with Crippen molar-refractivity contribution in [3.8, 4) is 0 Å². The van der Waals surface area contributed by atoms with Gasteiger partial charge < -0.3 is 4.74 Å². The van der Waals surface area contributed by atoms with Crippen molar-refractivity contribution in [2.75, 3.05) is 6.61 Å². The average molecular weight is 282 g/mol. The minimum Gasteiger partial charge on any atom is -0.367 e. The van der Waals surface area contributed by atoms with Crippen LogP contribution in [0.1, 0.15) is 27.7 Å². The van der Waals surface area contributed by atoms with E-state index in [1.54, 1.807) is 36.4 Å². The Morgan fingerprint density at radius 3 is 2.08 bits per heavy atom. The highest BCUT2D eigenvalue weighted by atomic mass is 127. The summed E-state index contributed by atoms with van der Waals surface area (Å²) in [6.07, 6.45) is 0. The van der Waals surface area contributed by atoms with Crippen molar-refractivity contribution < 1.29 is 9.53 Å². The average Bonchev–Trinajstić information content (AvgIpc) is 1.82. The fourth-order valence-electron chi connectivity index (χ4n) is 0.454. The highest BCUT2D eigenvalue weighted by molar-refractivity contribution is 14.1. The molecular weight excluding hydrogens is 266 g/mol. The minimum atomic E-state index is -0.645. The highest BCUT2D eigenvalue weighted by Crippen LogP contribution is 2.23. The van der Waals surface area contributed by atoms with E-state index >= 15 is 0 Å². The van der Waals surface area contributed by atoms with E-state index in [-0.39, 0.29) is 9.10 Å². The molecule has 0 aromatic heterocycles. The maximum atomic E-state index is 11.0. The van der Waals surface area contributed by atoms with Gasteiger partial charge in [0.1, 0.15) is 13.4 Å². The van der Waals surface area contributed by atoms with Crippen LogP contribution in [-0.4, -0.2) is 23.8 Å². The largest absolute Gasteiger partial charge is 0.367 e. The molecule has 0 aliphatic heterocycles. The van der Waals surface area contributed by atoms with Gasteiger partial charge in [0.05, 0.1) is 0 Å². The normalized spacial score (nSPS) is 13.1. The molecular formula is C8H16BIO2. The number of carbonyl (C=O) groups is 1. The second-order valence-corrected chi connectivity index (χ2v) is 5.61. The Morgan fingerprint density at radius 2 is 1.83 bits per heavy atom. The van der Waals surface area contributed by atoms with Crippen LogP contribution in [0.25, 0.3) is 0 Å². The third-order valence-corrected chi connectivity index (χ3v) is 2.64. The summed E-state index contributed by atoms with van der Waals surface area (Å²) in [5.74, 6) is 0. The standard InChI is InChI=1S/C8H16BIO2/c1-7(2,9)5-12-8(3,4)6(10)11/h5,9H2,1-4H3. The Balaban J connectivity index is 4.01. The number of carbonyl (C=O) groups excluding carboxylic acids is 1. The molecule has 0 bridgehead atoms. The molecule has 0 radical (unpaired) electrons. The van der Waals surface area contributed by atoms with Crippen molar-refractivity contribution >= 4 is 34.2 Å². The van der Waals surface area contributed by atoms with Gasteiger partial charge in [0.15, 0.2) is 0 Å². The van der Waals surface area contributed by atoms with E-state index in [9.17, 15) is 4.79 Å². The molecule has 0 fully saturated rings. The molecule has 0 amide bonds. The van der Waals surface area contributed by atoms with Crippen LogP contribution >= 0.6 is 22.6 Å². The molecule has 4 heteroatoms. The van der Waals surface area contributed by atoms with Crippen molar-refractivity contribution in [2.24, 2.45) is 0 Å². The Labute approximate surface area is 89.0 Å². The maximum Gasteiger partial charge on any atom is 0.223 e. The summed E-state index contributed by atoms with van der Waals surface area (Å²) in [4.78, 5) is 11.0. The summed E-state index contributed by atoms with van der Waals surface area (Å²) in [5.41, 5.74) is -0.645. The monoisotopic (exact) mass is 282 g/mol. The molecule has 0 aliphatic rings. The first kappa shape index (κ1) is 12.4. The van der Waals surface area contributed by atoms with Gasteiger partial charge >= 0.3 is 0 Å². The lowest BCUT2D eigenvalue weighted by Crippen LogP contribution is -2.33. The van der Waals surface area contributed by atoms with Gasteiger partial charge in [-0.2, -0.15) is 0 Å². The van der Waals surface area contributed by atoms with E-state index in [4.69, 9.17) is 4.74 Å². The topological polar surface area (TPSA) is 26.3 Å². The van der Waals surface area contributed by atoms with Crippen LogP contribution in [-0.2, 0) is 9.53 Å².